The molecule has 0 aliphatic heterocycles. The number of hydrogen-bond acceptors (Lipinski definition) is 2. The van der Waals surface area contributed by atoms with Crippen LogP contribution in [0.25, 0.3) is 0 Å². The smallest absolute Gasteiger partial charge is 0.315 e. The zero-order valence-corrected chi connectivity index (χ0v) is 14.1. The quantitative estimate of drug-likeness (QED) is 0.808. The highest BCUT2D eigenvalue weighted by molar-refractivity contribution is 5.75. The average molecular weight is 324 g/mol. The number of hydrogen-bond donors (Lipinski definition) is 3. The first-order valence-electron chi connectivity index (χ1n) is 8.50. The number of carbonyl (C=O) groups is 1. The van der Waals surface area contributed by atoms with Crippen molar-refractivity contribution in [2.24, 2.45) is 0 Å². The largest absolute Gasteiger partial charge is 0.390 e. The molecule has 3 N–H and O–H groups in total. The molecule has 1 aliphatic rings. The maximum absolute atomic E-state index is 12.3. The predicted octanol–water partition coefficient (Wildman–Crippen LogP) is 3.27. The van der Waals surface area contributed by atoms with Gasteiger partial charge in [0.15, 0.2) is 0 Å². The minimum absolute atomic E-state index is 0.0929. The van der Waals surface area contributed by atoms with Crippen molar-refractivity contribution in [2.75, 3.05) is 0 Å². The van der Waals surface area contributed by atoms with Gasteiger partial charge in [0.25, 0.3) is 0 Å². The second-order valence-corrected chi connectivity index (χ2v) is 6.38. The Labute approximate surface area is 142 Å². The summed E-state index contributed by atoms with van der Waals surface area (Å²) in [5.41, 5.74) is 4.44. The Balaban J connectivity index is 1.63. The third-order valence-corrected chi connectivity index (χ3v) is 4.73. The van der Waals surface area contributed by atoms with Crippen LogP contribution in [-0.2, 0) is 12.8 Å². The molecule has 0 spiro atoms. The number of fused-ring (bicyclic) bond motifs is 1. The normalized spacial score (nSPS) is 20.3. The number of aliphatic hydroxyl groups excluding tert-OH is 1. The Hall–Kier alpha value is -2.33. The van der Waals surface area contributed by atoms with Crippen LogP contribution in [-0.4, -0.2) is 17.2 Å². The van der Waals surface area contributed by atoms with Gasteiger partial charge in [0.05, 0.1) is 18.2 Å². The molecular weight excluding hydrogens is 300 g/mol. The first kappa shape index (κ1) is 16.5. The van der Waals surface area contributed by atoms with Gasteiger partial charge in [0.1, 0.15) is 0 Å². The van der Waals surface area contributed by atoms with E-state index in [4.69, 9.17) is 0 Å². The van der Waals surface area contributed by atoms with Gasteiger partial charge < -0.3 is 15.7 Å². The number of rotatable bonds is 4. The molecule has 4 nitrogen and oxygen atoms in total. The molecule has 0 heterocycles. The Morgan fingerprint density at radius 3 is 2.62 bits per heavy atom. The second kappa shape index (κ2) is 7.05. The highest BCUT2D eigenvalue weighted by Crippen LogP contribution is 2.31. The molecular formula is C20H24N2O2. The summed E-state index contributed by atoms with van der Waals surface area (Å²) >= 11 is 0. The summed E-state index contributed by atoms with van der Waals surface area (Å²) in [5.74, 6) is 0. The number of nitrogens with one attached hydrogen (secondary N) is 2. The number of aliphatic hydroxyl groups is 1. The lowest BCUT2D eigenvalue weighted by Crippen LogP contribution is -2.41. The van der Waals surface area contributed by atoms with E-state index < -0.39 is 6.10 Å². The summed E-state index contributed by atoms with van der Waals surface area (Å²) in [7, 11) is 0. The number of urea groups is 1. The minimum Gasteiger partial charge on any atom is -0.390 e. The van der Waals surface area contributed by atoms with E-state index in [1.807, 2.05) is 43.3 Å². The van der Waals surface area contributed by atoms with E-state index >= 15 is 0 Å². The van der Waals surface area contributed by atoms with E-state index in [0.717, 1.165) is 23.1 Å². The zero-order valence-electron chi connectivity index (χ0n) is 14.1. The van der Waals surface area contributed by atoms with Crippen LogP contribution < -0.4 is 10.6 Å². The number of amides is 2. The van der Waals surface area contributed by atoms with Crippen molar-refractivity contribution in [3.63, 3.8) is 0 Å². The van der Waals surface area contributed by atoms with Gasteiger partial charge in [-0.05, 0) is 35.6 Å². The summed E-state index contributed by atoms with van der Waals surface area (Å²) in [6.07, 6.45) is 1.00. The van der Waals surface area contributed by atoms with E-state index in [1.165, 1.54) is 5.56 Å². The summed E-state index contributed by atoms with van der Waals surface area (Å²) in [4.78, 5) is 12.3. The fourth-order valence-electron chi connectivity index (χ4n) is 3.25. The lowest BCUT2D eigenvalue weighted by Gasteiger charge is -2.21. The molecule has 1 aliphatic carbocycles. The van der Waals surface area contributed by atoms with Gasteiger partial charge in [-0.1, -0.05) is 55.5 Å². The van der Waals surface area contributed by atoms with Crippen molar-refractivity contribution in [3.8, 4) is 0 Å². The molecule has 2 aromatic carbocycles. The highest BCUT2D eigenvalue weighted by Gasteiger charge is 2.32. The van der Waals surface area contributed by atoms with Crippen LogP contribution in [0, 0.1) is 0 Å². The molecule has 3 atom stereocenters. The molecule has 126 valence electrons. The lowest BCUT2D eigenvalue weighted by molar-refractivity contribution is 0.142. The van der Waals surface area contributed by atoms with Gasteiger partial charge in [-0.2, -0.15) is 0 Å². The molecule has 0 bridgehead atoms. The standard InChI is InChI=1S/C20H24N2O2/c1-3-14-8-10-15(11-9-14)13(2)21-20(24)22-19-17-7-5-4-6-16(17)12-18(19)23/h4-11,13,18-19,23H,3,12H2,1-2H3,(H2,21,22,24). The van der Waals surface area contributed by atoms with Crippen LogP contribution in [0.2, 0.25) is 0 Å². The van der Waals surface area contributed by atoms with Crippen LogP contribution >= 0.6 is 0 Å². The molecule has 3 unspecified atom stereocenters. The summed E-state index contributed by atoms with van der Waals surface area (Å²) in [6.45, 7) is 4.08. The summed E-state index contributed by atoms with van der Waals surface area (Å²) < 4.78 is 0. The predicted molar refractivity (Wildman–Crippen MR) is 94.8 cm³/mol. The number of carbonyl (C=O) groups excluding carboxylic acids is 1. The molecule has 0 radical (unpaired) electrons. The Kier molecular flexibility index (Phi) is 4.86. The van der Waals surface area contributed by atoms with Gasteiger partial charge in [-0.25, -0.2) is 4.79 Å². The highest BCUT2D eigenvalue weighted by atomic mass is 16.3. The first-order chi connectivity index (χ1) is 11.6. The van der Waals surface area contributed by atoms with Gasteiger partial charge in [-0.3, -0.25) is 0 Å². The topological polar surface area (TPSA) is 61.4 Å². The van der Waals surface area contributed by atoms with E-state index in [2.05, 4.69) is 29.7 Å². The number of benzene rings is 2. The van der Waals surface area contributed by atoms with E-state index in [9.17, 15) is 9.90 Å². The third kappa shape index (κ3) is 3.44. The van der Waals surface area contributed by atoms with Crippen molar-refractivity contribution in [1.82, 2.24) is 10.6 Å². The van der Waals surface area contributed by atoms with Gasteiger partial charge >= 0.3 is 6.03 Å². The monoisotopic (exact) mass is 324 g/mol. The van der Waals surface area contributed by atoms with Crippen molar-refractivity contribution < 1.29 is 9.90 Å². The van der Waals surface area contributed by atoms with E-state index in [-0.39, 0.29) is 18.1 Å². The SMILES string of the molecule is CCc1ccc(C(C)NC(=O)NC2c3ccccc3CC2O)cc1. The van der Waals surface area contributed by atoms with Crippen LogP contribution in [0.1, 0.15) is 48.2 Å². The Morgan fingerprint density at radius 2 is 1.92 bits per heavy atom. The van der Waals surface area contributed by atoms with Crippen molar-refractivity contribution in [2.45, 2.75) is 44.9 Å². The van der Waals surface area contributed by atoms with E-state index in [1.54, 1.807) is 0 Å². The molecule has 0 fully saturated rings. The summed E-state index contributed by atoms with van der Waals surface area (Å²) in [5, 5.41) is 16.1. The number of aryl methyl sites for hydroxylation is 1. The maximum Gasteiger partial charge on any atom is 0.315 e. The molecule has 2 aromatic rings. The molecule has 3 rings (SSSR count). The van der Waals surface area contributed by atoms with E-state index in [0.29, 0.717) is 6.42 Å². The van der Waals surface area contributed by atoms with Crippen molar-refractivity contribution >= 4 is 6.03 Å². The van der Waals surface area contributed by atoms with Crippen LogP contribution in [0.15, 0.2) is 48.5 Å². The molecule has 0 aromatic heterocycles. The van der Waals surface area contributed by atoms with Gasteiger partial charge in [0, 0.05) is 6.42 Å². The Bertz CT molecular complexity index is 712. The van der Waals surface area contributed by atoms with Gasteiger partial charge in [0.2, 0.25) is 0 Å². The van der Waals surface area contributed by atoms with Crippen LogP contribution in [0.3, 0.4) is 0 Å². The lowest BCUT2D eigenvalue weighted by atomic mass is 10.1. The minimum atomic E-state index is -0.577. The molecule has 24 heavy (non-hydrogen) atoms. The molecule has 0 saturated heterocycles. The average Bonchev–Trinajstić information content (AvgIpc) is 2.90. The molecule has 0 saturated carbocycles. The van der Waals surface area contributed by atoms with Crippen LogP contribution in [0.5, 0.6) is 0 Å². The fraction of sp³-hybridized carbons (Fsp3) is 0.350. The van der Waals surface area contributed by atoms with Crippen molar-refractivity contribution in [3.05, 3.63) is 70.8 Å². The molecule has 2 amide bonds. The molecule has 4 heteroatoms. The Morgan fingerprint density at radius 1 is 1.21 bits per heavy atom. The first-order valence-corrected chi connectivity index (χ1v) is 8.50. The van der Waals surface area contributed by atoms with Crippen LogP contribution in [0.4, 0.5) is 4.79 Å². The van der Waals surface area contributed by atoms with Crippen molar-refractivity contribution in [1.29, 1.82) is 0 Å². The fourth-order valence-corrected chi connectivity index (χ4v) is 3.25. The van der Waals surface area contributed by atoms with Gasteiger partial charge in [-0.15, -0.1) is 0 Å². The maximum atomic E-state index is 12.3. The summed E-state index contributed by atoms with van der Waals surface area (Å²) in [6, 6.07) is 15.4. The third-order valence-electron chi connectivity index (χ3n) is 4.73. The zero-order chi connectivity index (χ0) is 17.1. The second-order valence-electron chi connectivity index (χ2n) is 6.38.